The van der Waals surface area contributed by atoms with Gasteiger partial charge in [0, 0.05) is 19.5 Å². The molecular formula is C19H20BrNO6S. The number of rotatable bonds is 8. The summed E-state index contributed by atoms with van der Waals surface area (Å²) in [7, 11) is 0. The Morgan fingerprint density at radius 2 is 1.93 bits per heavy atom. The number of ether oxygens (including phenoxy) is 1. The van der Waals surface area contributed by atoms with E-state index in [1.165, 1.54) is 6.92 Å². The molecular weight excluding hydrogens is 450 g/mol. The first-order valence-electron chi connectivity index (χ1n) is 8.38. The van der Waals surface area contributed by atoms with Gasteiger partial charge in [-0.2, -0.15) is 0 Å². The van der Waals surface area contributed by atoms with Gasteiger partial charge in [-0.3, -0.25) is 4.79 Å². The number of carboxylic acid groups (broad SMARTS) is 2. The molecule has 9 heteroatoms. The molecule has 1 heterocycles. The normalized spacial score (nSPS) is 10.8. The average molecular weight is 470 g/mol. The number of amides is 1. The Labute approximate surface area is 174 Å². The number of carbonyl (C=O) groups excluding carboxylic acids is 1. The molecule has 1 aromatic carbocycles. The van der Waals surface area contributed by atoms with E-state index < -0.39 is 18.5 Å². The van der Waals surface area contributed by atoms with Crippen LogP contribution in [0.3, 0.4) is 0 Å². The summed E-state index contributed by atoms with van der Waals surface area (Å²) in [6.45, 7) is 5.18. The summed E-state index contributed by atoms with van der Waals surface area (Å²) in [4.78, 5) is 36.4. The molecule has 2 rings (SSSR count). The van der Waals surface area contributed by atoms with E-state index in [1.807, 2.05) is 38.1 Å². The first-order valence-corrected chi connectivity index (χ1v) is 9.99. The van der Waals surface area contributed by atoms with Gasteiger partial charge in [-0.05, 0) is 47.0 Å². The number of nitrogens with zero attached hydrogens (tertiary/aromatic N) is 1. The van der Waals surface area contributed by atoms with Gasteiger partial charge in [0.1, 0.15) is 0 Å². The quantitative estimate of drug-likeness (QED) is 0.602. The number of carboxylic acids is 2. The molecule has 0 fully saturated rings. The maximum absolute atomic E-state index is 11.8. The van der Waals surface area contributed by atoms with Gasteiger partial charge in [0.25, 0.3) is 0 Å². The molecule has 28 heavy (non-hydrogen) atoms. The topological polar surface area (TPSA) is 104 Å². The second-order valence-corrected chi connectivity index (χ2v) is 8.15. The van der Waals surface area contributed by atoms with Crippen molar-refractivity contribution < 1.29 is 29.3 Å². The lowest BCUT2D eigenvalue weighted by atomic mass is 10.1. The Hall–Kier alpha value is -2.39. The third kappa shape index (κ3) is 5.11. The van der Waals surface area contributed by atoms with E-state index in [9.17, 15) is 19.5 Å². The fourth-order valence-electron chi connectivity index (χ4n) is 2.65. The summed E-state index contributed by atoms with van der Waals surface area (Å²) in [6.07, 6.45) is 0. The van der Waals surface area contributed by atoms with E-state index in [1.54, 1.807) is 4.90 Å². The first kappa shape index (κ1) is 21.9. The van der Waals surface area contributed by atoms with E-state index in [0.717, 1.165) is 22.5 Å². The molecule has 1 aromatic heterocycles. The number of halogens is 1. The SMILES string of the molecule is CC(=O)N(Cc1cccc(-c2sc(C(=O)O)c(OCC(=O)O)c2Br)c1)C(C)C. The molecule has 0 unspecified atom stereocenters. The van der Waals surface area contributed by atoms with E-state index in [2.05, 4.69) is 15.9 Å². The molecule has 0 aliphatic rings. The third-order valence-electron chi connectivity index (χ3n) is 3.91. The smallest absolute Gasteiger partial charge is 0.349 e. The highest BCUT2D eigenvalue weighted by Gasteiger charge is 2.24. The summed E-state index contributed by atoms with van der Waals surface area (Å²) < 4.78 is 5.57. The molecule has 0 saturated carbocycles. The highest BCUT2D eigenvalue weighted by atomic mass is 79.9. The zero-order valence-corrected chi connectivity index (χ0v) is 18.0. The van der Waals surface area contributed by atoms with Crippen molar-refractivity contribution in [3.8, 4) is 16.2 Å². The fraction of sp³-hybridized carbons (Fsp3) is 0.316. The van der Waals surface area contributed by atoms with Gasteiger partial charge in [0.2, 0.25) is 5.91 Å². The van der Waals surface area contributed by atoms with Crippen LogP contribution in [0.25, 0.3) is 10.4 Å². The third-order valence-corrected chi connectivity index (χ3v) is 6.14. The van der Waals surface area contributed by atoms with Crippen LogP contribution in [0.1, 0.15) is 36.0 Å². The highest BCUT2D eigenvalue weighted by molar-refractivity contribution is 9.10. The van der Waals surface area contributed by atoms with Crippen molar-refractivity contribution >= 4 is 45.1 Å². The summed E-state index contributed by atoms with van der Waals surface area (Å²) in [5.74, 6) is -2.44. The van der Waals surface area contributed by atoms with Crippen LogP contribution in [0.15, 0.2) is 28.7 Å². The van der Waals surface area contributed by atoms with Gasteiger partial charge >= 0.3 is 11.9 Å². The van der Waals surface area contributed by atoms with Crippen molar-refractivity contribution in [2.24, 2.45) is 0 Å². The Bertz CT molecular complexity index is 908. The van der Waals surface area contributed by atoms with Gasteiger partial charge in [-0.1, -0.05) is 18.2 Å². The largest absolute Gasteiger partial charge is 0.479 e. The molecule has 0 aliphatic carbocycles. The molecule has 7 nitrogen and oxygen atoms in total. The van der Waals surface area contributed by atoms with Crippen LogP contribution in [0.5, 0.6) is 5.75 Å². The van der Waals surface area contributed by atoms with Crippen molar-refractivity contribution in [2.45, 2.75) is 33.4 Å². The van der Waals surface area contributed by atoms with Gasteiger partial charge in [-0.25, -0.2) is 9.59 Å². The maximum Gasteiger partial charge on any atom is 0.349 e. The summed E-state index contributed by atoms with van der Waals surface area (Å²) in [6, 6.07) is 7.46. The second-order valence-electron chi connectivity index (χ2n) is 6.33. The monoisotopic (exact) mass is 469 g/mol. The molecule has 150 valence electrons. The molecule has 0 radical (unpaired) electrons. The number of carbonyl (C=O) groups is 3. The lowest BCUT2D eigenvalue weighted by molar-refractivity contribution is -0.139. The molecule has 0 bridgehead atoms. The minimum atomic E-state index is -1.20. The van der Waals surface area contributed by atoms with E-state index in [0.29, 0.717) is 15.9 Å². The molecule has 1 amide bonds. The van der Waals surface area contributed by atoms with Crippen LogP contribution < -0.4 is 4.74 Å². The predicted octanol–water partition coefficient (Wildman–Crippen LogP) is 4.10. The van der Waals surface area contributed by atoms with Crippen LogP contribution in [0.2, 0.25) is 0 Å². The summed E-state index contributed by atoms with van der Waals surface area (Å²) >= 11 is 4.34. The van der Waals surface area contributed by atoms with Crippen LogP contribution in [0.4, 0.5) is 0 Å². The van der Waals surface area contributed by atoms with Crippen molar-refractivity contribution in [3.63, 3.8) is 0 Å². The van der Waals surface area contributed by atoms with E-state index in [4.69, 9.17) is 9.84 Å². The maximum atomic E-state index is 11.8. The van der Waals surface area contributed by atoms with Crippen molar-refractivity contribution in [1.29, 1.82) is 0 Å². The van der Waals surface area contributed by atoms with Gasteiger partial charge in [0.15, 0.2) is 17.2 Å². The Morgan fingerprint density at radius 1 is 1.25 bits per heavy atom. The molecule has 0 aliphatic heterocycles. The standard InChI is InChI=1S/C19H20BrNO6S/c1-10(2)21(11(3)22)8-12-5-4-6-13(7-12)17-15(20)16(27-9-14(23)24)18(28-17)19(25)26/h4-7,10H,8-9H2,1-3H3,(H,23,24)(H,25,26). The zero-order chi connectivity index (χ0) is 21.0. The first-order chi connectivity index (χ1) is 13.1. The minimum Gasteiger partial charge on any atom is -0.479 e. The molecule has 0 atom stereocenters. The average Bonchev–Trinajstić information content (AvgIpc) is 2.94. The Balaban J connectivity index is 2.42. The number of aliphatic carboxylic acids is 1. The van der Waals surface area contributed by atoms with Crippen LogP contribution in [-0.4, -0.2) is 45.6 Å². The lowest BCUT2D eigenvalue weighted by Crippen LogP contribution is -2.34. The van der Waals surface area contributed by atoms with Crippen LogP contribution in [0, 0.1) is 0 Å². The van der Waals surface area contributed by atoms with Crippen molar-refractivity contribution in [1.82, 2.24) is 4.90 Å². The highest BCUT2D eigenvalue weighted by Crippen LogP contribution is 2.45. The van der Waals surface area contributed by atoms with Gasteiger partial charge in [-0.15, -0.1) is 11.3 Å². The number of benzene rings is 1. The van der Waals surface area contributed by atoms with E-state index in [-0.39, 0.29) is 22.6 Å². The molecule has 2 N–H and O–H groups in total. The van der Waals surface area contributed by atoms with Gasteiger partial charge in [0.05, 0.1) is 9.35 Å². The Kier molecular flexibility index (Phi) is 7.20. The number of hydrogen-bond donors (Lipinski definition) is 2. The number of hydrogen-bond acceptors (Lipinski definition) is 5. The lowest BCUT2D eigenvalue weighted by Gasteiger charge is -2.25. The summed E-state index contributed by atoms with van der Waals surface area (Å²) in [5.41, 5.74) is 1.64. The van der Waals surface area contributed by atoms with Crippen molar-refractivity contribution in [3.05, 3.63) is 39.2 Å². The van der Waals surface area contributed by atoms with Crippen LogP contribution >= 0.6 is 27.3 Å². The van der Waals surface area contributed by atoms with E-state index >= 15 is 0 Å². The number of thiophene rings is 1. The minimum absolute atomic E-state index is 0.00662. The van der Waals surface area contributed by atoms with Gasteiger partial charge < -0.3 is 19.8 Å². The zero-order valence-electron chi connectivity index (χ0n) is 15.6. The molecule has 0 saturated heterocycles. The predicted molar refractivity (Wildman–Crippen MR) is 109 cm³/mol. The molecule has 2 aromatic rings. The fourth-order valence-corrected chi connectivity index (χ4v) is 4.54. The van der Waals surface area contributed by atoms with Crippen molar-refractivity contribution in [2.75, 3.05) is 6.61 Å². The van der Waals surface area contributed by atoms with Crippen LogP contribution in [-0.2, 0) is 16.1 Å². The second kappa shape index (κ2) is 9.20. The number of aromatic carboxylic acids is 1. The Morgan fingerprint density at radius 3 is 2.46 bits per heavy atom. The summed E-state index contributed by atoms with van der Waals surface area (Å²) in [5, 5.41) is 18.2. The molecule has 0 spiro atoms.